The van der Waals surface area contributed by atoms with Crippen molar-refractivity contribution in [2.45, 2.75) is 23.1 Å². The first-order valence-electron chi connectivity index (χ1n) is 6.60. The van der Waals surface area contributed by atoms with Gasteiger partial charge in [-0.25, -0.2) is 0 Å². The Morgan fingerprint density at radius 1 is 1.30 bits per heavy atom. The molecule has 0 spiro atoms. The van der Waals surface area contributed by atoms with E-state index in [9.17, 15) is 0 Å². The standard InChI is InChI=1S/C15H21N3OS/c1-11(20-14-9-17-18(3)10-14)15(16-2)12-5-7-13(19-4)8-6-12/h5-11,15-16H,1-4H3. The number of thioether (sulfide) groups is 1. The van der Waals surface area contributed by atoms with Gasteiger partial charge in [0.15, 0.2) is 0 Å². The molecule has 1 heterocycles. The van der Waals surface area contributed by atoms with Crippen molar-refractivity contribution in [3.05, 3.63) is 42.2 Å². The van der Waals surface area contributed by atoms with Crippen LogP contribution in [-0.2, 0) is 7.05 Å². The molecule has 2 atom stereocenters. The largest absolute Gasteiger partial charge is 0.497 e. The molecule has 1 N–H and O–H groups in total. The van der Waals surface area contributed by atoms with E-state index in [-0.39, 0.29) is 6.04 Å². The third-order valence-electron chi connectivity index (χ3n) is 3.26. The zero-order valence-electron chi connectivity index (χ0n) is 12.3. The van der Waals surface area contributed by atoms with E-state index in [0.717, 1.165) is 5.75 Å². The summed E-state index contributed by atoms with van der Waals surface area (Å²) in [6, 6.07) is 8.51. The monoisotopic (exact) mass is 291 g/mol. The lowest BCUT2D eigenvalue weighted by Crippen LogP contribution is -2.25. The quantitative estimate of drug-likeness (QED) is 0.831. The zero-order chi connectivity index (χ0) is 14.5. The molecule has 2 unspecified atom stereocenters. The van der Waals surface area contributed by atoms with Crippen LogP contribution < -0.4 is 10.1 Å². The lowest BCUT2D eigenvalue weighted by atomic mass is 10.0. The smallest absolute Gasteiger partial charge is 0.118 e. The van der Waals surface area contributed by atoms with E-state index in [4.69, 9.17) is 4.74 Å². The maximum atomic E-state index is 5.20. The van der Waals surface area contributed by atoms with Gasteiger partial charge in [0.2, 0.25) is 0 Å². The molecule has 0 fully saturated rings. The fraction of sp³-hybridized carbons (Fsp3) is 0.400. The van der Waals surface area contributed by atoms with Crippen LogP contribution in [0.2, 0.25) is 0 Å². The predicted molar refractivity (Wildman–Crippen MR) is 83.3 cm³/mol. The third kappa shape index (κ3) is 3.55. The minimum Gasteiger partial charge on any atom is -0.497 e. The number of methoxy groups -OCH3 is 1. The van der Waals surface area contributed by atoms with Crippen molar-refractivity contribution in [2.75, 3.05) is 14.2 Å². The zero-order valence-corrected chi connectivity index (χ0v) is 13.1. The van der Waals surface area contributed by atoms with Gasteiger partial charge in [0, 0.05) is 29.4 Å². The molecule has 0 amide bonds. The van der Waals surface area contributed by atoms with Crippen LogP contribution in [0.1, 0.15) is 18.5 Å². The summed E-state index contributed by atoms with van der Waals surface area (Å²) < 4.78 is 7.03. The second-order valence-electron chi connectivity index (χ2n) is 4.71. The van der Waals surface area contributed by atoms with Crippen molar-refractivity contribution in [1.82, 2.24) is 15.1 Å². The Bertz CT molecular complexity index is 538. The van der Waals surface area contributed by atoms with Gasteiger partial charge in [-0.2, -0.15) is 5.10 Å². The molecule has 4 nitrogen and oxygen atoms in total. The Kier molecular flexibility index (Phi) is 5.09. The lowest BCUT2D eigenvalue weighted by molar-refractivity contribution is 0.414. The van der Waals surface area contributed by atoms with Gasteiger partial charge in [0.25, 0.3) is 0 Å². The van der Waals surface area contributed by atoms with Crippen LogP contribution in [0, 0.1) is 0 Å². The summed E-state index contributed by atoms with van der Waals surface area (Å²) in [6.07, 6.45) is 3.95. The van der Waals surface area contributed by atoms with Crippen molar-refractivity contribution < 1.29 is 4.74 Å². The first-order chi connectivity index (χ1) is 9.63. The lowest BCUT2D eigenvalue weighted by Gasteiger charge is -2.23. The highest BCUT2D eigenvalue weighted by Gasteiger charge is 2.19. The van der Waals surface area contributed by atoms with Gasteiger partial charge in [-0.3, -0.25) is 4.68 Å². The molecule has 20 heavy (non-hydrogen) atoms. The van der Waals surface area contributed by atoms with E-state index in [2.05, 4.69) is 29.5 Å². The van der Waals surface area contributed by atoms with Gasteiger partial charge in [-0.05, 0) is 24.7 Å². The highest BCUT2D eigenvalue weighted by atomic mass is 32.2. The topological polar surface area (TPSA) is 39.1 Å². The summed E-state index contributed by atoms with van der Waals surface area (Å²) in [4.78, 5) is 1.19. The molecule has 0 radical (unpaired) electrons. The van der Waals surface area contributed by atoms with Crippen molar-refractivity contribution >= 4 is 11.8 Å². The Labute approximate surface area is 124 Å². The number of hydrogen-bond donors (Lipinski definition) is 1. The fourth-order valence-electron chi connectivity index (χ4n) is 2.23. The SMILES string of the molecule is CNC(c1ccc(OC)cc1)C(C)Sc1cnn(C)c1. The summed E-state index contributed by atoms with van der Waals surface area (Å²) in [6.45, 7) is 2.23. The van der Waals surface area contributed by atoms with Gasteiger partial charge in [-0.1, -0.05) is 19.1 Å². The molecule has 0 bridgehead atoms. The van der Waals surface area contributed by atoms with Crippen molar-refractivity contribution in [3.8, 4) is 5.75 Å². The second kappa shape index (κ2) is 6.81. The normalized spacial score (nSPS) is 14.0. The van der Waals surface area contributed by atoms with Crippen LogP contribution in [0.3, 0.4) is 0 Å². The number of rotatable bonds is 6. The number of nitrogens with zero attached hydrogens (tertiary/aromatic N) is 2. The molecule has 0 aliphatic heterocycles. The second-order valence-corrected chi connectivity index (χ2v) is 6.16. The minimum absolute atomic E-state index is 0.283. The third-order valence-corrected chi connectivity index (χ3v) is 4.39. The highest BCUT2D eigenvalue weighted by Crippen LogP contribution is 2.32. The van der Waals surface area contributed by atoms with Gasteiger partial charge < -0.3 is 10.1 Å². The number of ether oxygens (including phenoxy) is 1. The Morgan fingerprint density at radius 2 is 2.00 bits per heavy atom. The van der Waals surface area contributed by atoms with Crippen LogP contribution in [0.5, 0.6) is 5.75 Å². The van der Waals surface area contributed by atoms with Gasteiger partial charge in [0.05, 0.1) is 13.3 Å². The molecular weight excluding hydrogens is 270 g/mol. The summed E-state index contributed by atoms with van der Waals surface area (Å²) in [5, 5.41) is 8.00. The molecule has 0 saturated carbocycles. The average Bonchev–Trinajstić information content (AvgIpc) is 2.85. The minimum atomic E-state index is 0.283. The summed E-state index contributed by atoms with van der Waals surface area (Å²) in [7, 11) is 5.62. The molecule has 1 aromatic carbocycles. The summed E-state index contributed by atoms with van der Waals surface area (Å²) in [5.41, 5.74) is 1.26. The number of benzene rings is 1. The molecule has 0 saturated heterocycles. The molecule has 2 rings (SSSR count). The van der Waals surface area contributed by atoms with E-state index in [1.807, 2.05) is 55.1 Å². The Morgan fingerprint density at radius 3 is 2.50 bits per heavy atom. The number of hydrogen-bond acceptors (Lipinski definition) is 4. The molecule has 5 heteroatoms. The fourth-order valence-corrected chi connectivity index (χ4v) is 3.41. The first-order valence-corrected chi connectivity index (χ1v) is 7.48. The number of nitrogens with one attached hydrogen (secondary N) is 1. The van der Waals surface area contributed by atoms with E-state index >= 15 is 0 Å². The van der Waals surface area contributed by atoms with Crippen LogP contribution in [0.4, 0.5) is 0 Å². The number of aromatic nitrogens is 2. The molecule has 2 aromatic rings. The average molecular weight is 291 g/mol. The van der Waals surface area contributed by atoms with E-state index < -0.39 is 0 Å². The molecule has 0 aliphatic rings. The van der Waals surface area contributed by atoms with Gasteiger partial charge in [-0.15, -0.1) is 11.8 Å². The summed E-state index contributed by atoms with van der Waals surface area (Å²) in [5.74, 6) is 0.885. The molecule has 108 valence electrons. The maximum absolute atomic E-state index is 5.20. The van der Waals surface area contributed by atoms with E-state index in [0.29, 0.717) is 5.25 Å². The van der Waals surface area contributed by atoms with Gasteiger partial charge >= 0.3 is 0 Å². The Balaban J connectivity index is 2.09. The van der Waals surface area contributed by atoms with Crippen molar-refractivity contribution in [2.24, 2.45) is 7.05 Å². The summed E-state index contributed by atoms with van der Waals surface area (Å²) >= 11 is 1.82. The highest BCUT2D eigenvalue weighted by molar-refractivity contribution is 8.00. The molecule has 0 aliphatic carbocycles. The van der Waals surface area contributed by atoms with Crippen LogP contribution in [0.15, 0.2) is 41.6 Å². The van der Waals surface area contributed by atoms with Gasteiger partial charge in [0.1, 0.15) is 5.75 Å². The van der Waals surface area contributed by atoms with E-state index in [1.165, 1.54) is 10.5 Å². The van der Waals surface area contributed by atoms with Crippen molar-refractivity contribution in [3.63, 3.8) is 0 Å². The van der Waals surface area contributed by atoms with Crippen LogP contribution in [-0.4, -0.2) is 29.2 Å². The van der Waals surface area contributed by atoms with Crippen LogP contribution in [0.25, 0.3) is 0 Å². The first kappa shape index (κ1) is 14.9. The predicted octanol–water partition coefficient (Wildman–Crippen LogP) is 2.87. The maximum Gasteiger partial charge on any atom is 0.118 e. The van der Waals surface area contributed by atoms with Crippen LogP contribution >= 0.6 is 11.8 Å². The van der Waals surface area contributed by atoms with E-state index in [1.54, 1.807) is 7.11 Å². The van der Waals surface area contributed by atoms with Crippen molar-refractivity contribution in [1.29, 1.82) is 0 Å². The molecular formula is C15H21N3OS. The molecule has 1 aromatic heterocycles. The Hall–Kier alpha value is -1.46. The number of aryl methyl sites for hydroxylation is 1.